The molecular formula is C10H11ClN4S. The van der Waals surface area contributed by atoms with Crippen LogP contribution in [-0.2, 0) is 13.1 Å². The van der Waals surface area contributed by atoms with E-state index in [4.69, 9.17) is 11.6 Å². The van der Waals surface area contributed by atoms with E-state index in [1.165, 1.54) is 11.3 Å². The summed E-state index contributed by atoms with van der Waals surface area (Å²) in [6.07, 6.45) is 5.20. The minimum Gasteiger partial charge on any atom is -0.305 e. The molecule has 0 fully saturated rings. The van der Waals surface area contributed by atoms with Crippen LogP contribution in [0.3, 0.4) is 0 Å². The average molecular weight is 255 g/mol. The minimum absolute atomic E-state index is 0.685. The van der Waals surface area contributed by atoms with E-state index in [1.807, 2.05) is 6.92 Å². The number of hydrogen-bond donors (Lipinski definition) is 1. The molecule has 16 heavy (non-hydrogen) atoms. The van der Waals surface area contributed by atoms with Crippen molar-refractivity contribution >= 4 is 22.9 Å². The zero-order valence-electron chi connectivity index (χ0n) is 8.77. The topological polar surface area (TPSA) is 50.7 Å². The molecule has 0 atom stereocenters. The molecule has 2 aromatic rings. The van der Waals surface area contributed by atoms with Gasteiger partial charge in [-0.1, -0.05) is 11.6 Å². The van der Waals surface area contributed by atoms with Gasteiger partial charge >= 0.3 is 0 Å². The fourth-order valence-electron chi connectivity index (χ4n) is 1.18. The average Bonchev–Trinajstić information content (AvgIpc) is 2.67. The van der Waals surface area contributed by atoms with Crippen molar-refractivity contribution in [3.8, 4) is 0 Å². The van der Waals surface area contributed by atoms with Crippen LogP contribution in [0.1, 0.15) is 16.4 Å². The second kappa shape index (κ2) is 5.34. The summed E-state index contributed by atoms with van der Waals surface area (Å²) < 4.78 is 0.715. The first kappa shape index (κ1) is 11.4. The predicted octanol–water partition coefficient (Wildman–Crippen LogP) is 2.18. The van der Waals surface area contributed by atoms with Gasteiger partial charge in [0.05, 0.1) is 17.6 Å². The van der Waals surface area contributed by atoms with Gasteiger partial charge in [-0.15, -0.1) is 11.3 Å². The molecule has 2 aromatic heterocycles. The van der Waals surface area contributed by atoms with Gasteiger partial charge in [-0.05, 0) is 6.92 Å². The summed E-state index contributed by atoms with van der Waals surface area (Å²) in [5, 5.41) is 4.21. The fraction of sp³-hybridized carbons (Fsp3) is 0.300. The van der Waals surface area contributed by atoms with Gasteiger partial charge in [-0.3, -0.25) is 9.97 Å². The van der Waals surface area contributed by atoms with Crippen LogP contribution in [-0.4, -0.2) is 15.0 Å². The highest BCUT2D eigenvalue weighted by atomic mass is 35.5. The van der Waals surface area contributed by atoms with Gasteiger partial charge in [-0.2, -0.15) is 0 Å². The molecule has 0 spiro atoms. The Morgan fingerprint density at radius 2 is 2.06 bits per heavy atom. The smallest absolute Gasteiger partial charge is 0.113 e. The fourth-order valence-corrected chi connectivity index (χ4v) is 2.10. The van der Waals surface area contributed by atoms with Crippen molar-refractivity contribution in [2.24, 2.45) is 0 Å². The van der Waals surface area contributed by atoms with Crippen LogP contribution in [0.15, 0.2) is 18.6 Å². The van der Waals surface area contributed by atoms with Gasteiger partial charge in [0.15, 0.2) is 0 Å². The molecule has 0 aliphatic rings. The number of hydrogen-bond acceptors (Lipinski definition) is 5. The number of aryl methyl sites for hydroxylation is 1. The lowest BCUT2D eigenvalue weighted by Gasteiger charge is -2.01. The van der Waals surface area contributed by atoms with Crippen LogP contribution >= 0.6 is 22.9 Å². The van der Waals surface area contributed by atoms with E-state index in [1.54, 1.807) is 18.6 Å². The zero-order chi connectivity index (χ0) is 11.4. The van der Waals surface area contributed by atoms with Gasteiger partial charge < -0.3 is 5.32 Å². The van der Waals surface area contributed by atoms with Crippen LogP contribution in [0.4, 0.5) is 0 Å². The normalized spacial score (nSPS) is 10.6. The highest BCUT2D eigenvalue weighted by Gasteiger charge is 2.00. The molecule has 4 nitrogen and oxygen atoms in total. The van der Waals surface area contributed by atoms with Gasteiger partial charge in [0.1, 0.15) is 9.34 Å². The van der Waals surface area contributed by atoms with Crippen LogP contribution < -0.4 is 5.32 Å². The van der Waals surface area contributed by atoms with Crippen molar-refractivity contribution in [2.75, 3.05) is 0 Å². The lowest BCUT2D eigenvalue weighted by Crippen LogP contribution is -2.13. The summed E-state index contributed by atoms with van der Waals surface area (Å²) in [6.45, 7) is 3.30. The first-order chi connectivity index (χ1) is 7.74. The Morgan fingerprint density at radius 3 is 2.69 bits per heavy atom. The number of nitrogens with zero attached hydrogens (tertiary/aromatic N) is 3. The number of thiazole rings is 1. The van der Waals surface area contributed by atoms with E-state index in [0.29, 0.717) is 17.4 Å². The SMILES string of the molecule is Cc1cnc(CNCc2ncc(Cl)s2)cn1. The molecule has 0 bridgehead atoms. The Morgan fingerprint density at radius 1 is 1.19 bits per heavy atom. The molecule has 1 N–H and O–H groups in total. The highest BCUT2D eigenvalue weighted by molar-refractivity contribution is 7.15. The summed E-state index contributed by atoms with van der Waals surface area (Å²) in [7, 11) is 0. The molecule has 0 aliphatic heterocycles. The maximum atomic E-state index is 5.78. The third-order valence-corrected chi connectivity index (χ3v) is 3.06. The van der Waals surface area contributed by atoms with Crippen molar-refractivity contribution < 1.29 is 0 Å². The molecular weight excluding hydrogens is 244 g/mol. The summed E-state index contributed by atoms with van der Waals surface area (Å²) in [4.78, 5) is 12.6. The largest absolute Gasteiger partial charge is 0.305 e. The van der Waals surface area contributed by atoms with E-state index in [0.717, 1.165) is 16.4 Å². The standard InChI is InChI=1S/C10H11ClN4S/c1-7-2-14-8(4-13-7)3-12-6-10-15-5-9(11)16-10/h2,4-5,12H,3,6H2,1H3. The highest BCUT2D eigenvalue weighted by Crippen LogP contribution is 2.17. The molecule has 6 heteroatoms. The third-order valence-electron chi connectivity index (χ3n) is 1.94. The molecule has 2 heterocycles. The number of nitrogens with one attached hydrogen (secondary N) is 1. The van der Waals surface area contributed by atoms with Crippen LogP contribution in [0, 0.1) is 6.92 Å². The third kappa shape index (κ3) is 3.23. The van der Waals surface area contributed by atoms with Crippen molar-refractivity contribution in [2.45, 2.75) is 20.0 Å². The zero-order valence-corrected chi connectivity index (χ0v) is 10.3. The Hall–Kier alpha value is -1.04. The molecule has 0 aliphatic carbocycles. The Labute approximate surface area is 103 Å². The Kier molecular flexibility index (Phi) is 3.82. The summed E-state index contributed by atoms with van der Waals surface area (Å²) in [5.41, 5.74) is 1.85. The molecule has 0 unspecified atom stereocenters. The van der Waals surface area contributed by atoms with E-state index < -0.39 is 0 Å². The maximum absolute atomic E-state index is 5.78. The van der Waals surface area contributed by atoms with Crippen LogP contribution in [0.25, 0.3) is 0 Å². The second-order valence-corrected chi connectivity index (χ2v) is 5.06. The van der Waals surface area contributed by atoms with Crippen molar-refractivity contribution in [3.05, 3.63) is 39.3 Å². The molecule has 2 rings (SSSR count). The van der Waals surface area contributed by atoms with Gasteiger partial charge in [0.25, 0.3) is 0 Å². The van der Waals surface area contributed by atoms with Gasteiger partial charge in [0, 0.05) is 25.5 Å². The van der Waals surface area contributed by atoms with Crippen molar-refractivity contribution in [1.82, 2.24) is 20.3 Å². The number of aromatic nitrogens is 3. The van der Waals surface area contributed by atoms with E-state index in [-0.39, 0.29) is 0 Å². The number of halogens is 1. The first-order valence-electron chi connectivity index (χ1n) is 4.82. The van der Waals surface area contributed by atoms with E-state index in [2.05, 4.69) is 20.3 Å². The molecule has 84 valence electrons. The summed E-state index contributed by atoms with van der Waals surface area (Å²) >= 11 is 7.26. The van der Waals surface area contributed by atoms with Gasteiger partial charge in [0.2, 0.25) is 0 Å². The van der Waals surface area contributed by atoms with Crippen molar-refractivity contribution in [3.63, 3.8) is 0 Å². The number of rotatable bonds is 4. The maximum Gasteiger partial charge on any atom is 0.113 e. The molecule has 0 aromatic carbocycles. The van der Waals surface area contributed by atoms with E-state index >= 15 is 0 Å². The van der Waals surface area contributed by atoms with Crippen molar-refractivity contribution in [1.29, 1.82) is 0 Å². The Bertz CT molecular complexity index is 454. The first-order valence-corrected chi connectivity index (χ1v) is 6.02. The van der Waals surface area contributed by atoms with Gasteiger partial charge in [-0.25, -0.2) is 4.98 Å². The molecule has 0 saturated carbocycles. The summed E-state index contributed by atoms with van der Waals surface area (Å²) in [6, 6.07) is 0. The lowest BCUT2D eigenvalue weighted by molar-refractivity contribution is 0.673. The predicted molar refractivity (Wildman–Crippen MR) is 64.4 cm³/mol. The minimum atomic E-state index is 0.685. The molecule has 0 amide bonds. The van der Waals surface area contributed by atoms with Crippen LogP contribution in [0.2, 0.25) is 4.34 Å². The quantitative estimate of drug-likeness (QED) is 0.909. The molecule has 0 radical (unpaired) electrons. The summed E-state index contributed by atoms with van der Waals surface area (Å²) in [5.74, 6) is 0. The van der Waals surface area contributed by atoms with E-state index in [9.17, 15) is 0 Å². The monoisotopic (exact) mass is 254 g/mol. The lowest BCUT2D eigenvalue weighted by atomic mass is 10.4. The second-order valence-electron chi connectivity index (χ2n) is 3.31. The Balaban J connectivity index is 1.82. The van der Waals surface area contributed by atoms with Crippen LogP contribution in [0.5, 0.6) is 0 Å². The molecule has 0 saturated heterocycles.